The van der Waals surface area contributed by atoms with Gasteiger partial charge in [-0.15, -0.1) is 0 Å². The highest BCUT2D eigenvalue weighted by molar-refractivity contribution is 7.47. The predicted octanol–water partition coefficient (Wildman–Crippen LogP) is 8.00. The van der Waals surface area contributed by atoms with Gasteiger partial charge in [-0.3, -0.25) is 18.6 Å². The Labute approximate surface area is 348 Å². The molecule has 0 aromatic carbocycles. The highest BCUT2D eigenvalue weighted by Crippen LogP contribution is 2.47. The highest BCUT2D eigenvalue weighted by atomic mass is 31.2. The molecular weight excluding hydrogens is 767 g/mol. The summed E-state index contributed by atoms with van der Waals surface area (Å²) in [4.78, 5) is 35.6. The summed E-state index contributed by atoms with van der Waals surface area (Å²) in [5.74, 6) is -1.14. The molecule has 6 N–H and O–H groups in total. The molecular formula is C44H77O13P. The maximum Gasteiger partial charge on any atom is 0.472 e. The van der Waals surface area contributed by atoms with Gasteiger partial charge in [0.15, 0.2) is 6.10 Å². The van der Waals surface area contributed by atoms with Gasteiger partial charge in [0.2, 0.25) is 0 Å². The number of hydrogen-bond acceptors (Lipinski definition) is 12. The lowest BCUT2D eigenvalue weighted by molar-refractivity contribution is -0.220. The normalized spacial score (nSPS) is 23.0. The summed E-state index contributed by atoms with van der Waals surface area (Å²) >= 11 is 0. The summed E-state index contributed by atoms with van der Waals surface area (Å²) in [5.41, 5.74) is 0. The van der Waals surface area contributed by atoms with E-state index in [1.807, 2.05) is 0 Å². The molecule has 1 fully saturated rings. The summed E-state index contributed by atoms with van der Waals surface area (Å²) in [6.45, 7) is 3.19. The Balaban J connectivity index is 2.51. The van der Waals surface area contributed by atoms with Crippen molar-refractivity contribution in [3.8, 4) is 0 Å². The SMILES string of the molecule is CCCC/C=C\C/C=C\CCCCCCCC(=O)O[C@H](COC(=O)CCCCCCC/C=C\C/C=C\CCCCC)COP(=O)(O)OC1C(O)C(O)C(O)[C@@H](O)C1O. The van der Waals surface area contributed by atoms with Gasteiger partial charge in [0, 0.05) is 12.8 Å². The van der Waals surface area contributed by atoms with E-state index in [2.05, 4.69) is 62.5 Å². The predicted molar refractivity (Wildman–Crippen MR) is 226 cm³/mol. The Kier molecular flexibility index (Phi) is 32.0. The topological polar surface area (TPSA) is 210 Å². The third kappa shape index (κ3) is 26.8. The number of aliphatic hydroxyl groups excluding tert-OH is 5. The quantitative estimate of drug-likeness (QED) is 0.0155. The van der Waals surface area contributed by atoms with Crippen molar-refractivity contribution in [3.63, 3.8) is 0 Å². The van der Waals surface area contributed by atoms with Crippen LogP contribution in [0.25, 0.3) is 0 Å². The minimum Gasteiger partial charge on any atom is -0.462 e. The maximum atomic E-state index is 12.8. The summed E-state index contributed by atoms with van der Waals surface area (Å²) < 4.78 is 33.4. The number of aliphatic hydroxyl groups is 5. The van der Waals surface area contributed by atoms with E-state index in [9.17, 15) is 44.6 Å². The molecule has 0 spiro atoms. The van der Waals surface area contributed by atoms with Gasteiger partial charge in [0.05, 0.1) is 6.61 Å². The summed E-state index contributed by atoms with van der Waals surface area (Å²) in [7, 11) is -5.12. The van der Waals surface area contributed by atoms with Crippen molar-refractivity contribution < 1.29 is 63.1 Å². The smallest absolute Gasteiger partial charge is 0.462 e. The fraction of sp³-hybridized carbons (Fsp3) is 0.773. The van der Waals surface area contributed by atoms with E-state index in [4.69, 9.17) is 18.5 Å². The Bertz CT molecular complexity index is 1210. The molecule has 1 aliphatic rings. The first kappa shape index (κ1) is 53.8. The summed E-state index contributed by atoms with van der Waals surface area (Å²) in [5, 5.41) is 50.1. The van der Waals surface area contributed by atoms with E-state index in [0.717, 1.165) is 89.9 Å². The average Bonchev–Trinajstić information content (AvgIpc) is 3.20. The van der Waals surface area contributed by atoms with Gasteiger partial charge in [-0.2, -0.15) is 0 Å². The number of hydrogen-bond donors (Lipinski definition) is 6. The van der Waals surface area contributed by atoms with Crippen molar-refractivity contribution in [3.05, 3.63) is 48.6 Å². The molecule has 58 heavy (non-hydrogen) atoms. The molecule has 1 saturated carbocycles. The zero-order chi connectivity index (χ0) is 42.9. The van der Waals surface area contributed by atoms with E-state index >= 15 is 0 Å². The molecule has 336 valence electrons. The van der Waals surface area contributed by atoms with Crippen LogP contribution in [0.1, 0.15) is 162 Å². The van der Waals surface area contributed by atoms with Crippen LogP contribution in [-0.2, 0) is 32.7 Å². The van der Waals surface area contributed by atoms with Crippen LogP contribution in [0.2, 0.25) is 0 Å². The summed E-state index contributed by atoms with van der Waals surface area (Å²) in [6, 6.07) is 0. The largest absolute Gasteiger partial charge is 0.472 e. The Morgan fingerprint density at radius 1 is 0.534 bits per heavy atom. The number of unbranched alkanes of at least 4 members (excludes halogenated alkanes) is 15. The number of esters is 2. The number of carbonyl (C=O) groups is 2. The van der Waals surface area contributed by atoms with Gasteiger partial charge in [-0.05, 0) is 70.6 Å². The van der Waals surface area contributed by atoms with E-state index in [0.29, 0.717) is 12.8 Å². The number of carbonyl (C=O) groups excluding carboxylic acids is 2. The second-order valence-electron chi connectivity index (χ2n) is 15.2. The molecule has 0 bridgehead atoms. The molecule has 8 atom stereocenters. The molecule has 0 saturated heterocycles. The third-order valence-electron chi connectivity index (χ3n) is 9.89. The van der Waals surface area contributed by atoms with Gasteiger partial charge in [-0.25, -0.2) is 4.57 Å². The molecule has 14 heteroatoms. The summed E-state index contributed by atoms with van der Waals surface area (Å²) in [6.07, 6.45) is 25.9. The third-order valence-corrected chi connectivity index (χ3v) is 10.9. The monoisotopic (exact) mass is 845 g/mol. The zero-order valence-electron chi connectivity index (χ0n) is 35.3. The van der Waals surface area contributed by atoms with Crippen LogP contribution in [0.5, 0.6) is 0 Å². The zero-order valence-corrected chi connectivity index (χ0v) is 36.2. The van der Waals surface area contributed by atoms with Crippen molar-refractivity contribution in [1.29, 1.82) is 0 Å². The number of rotatable bonds is 35. The van der Waals surface area contributed by atoms with Crippen LogP contribution in [0, 0.1) is 0 Å². The minimum absolute atomic E-state index is 0.0759. The van der Waals surface area contributed by atoms with Gasteiger partial charge in [0.1, 0.15) is 43.2 Å². The number of ether oxygens (including phenoxy) is 2. The second kappa shape index (κ2) is 34.5. The molecule has 0 radical (unpaired) electrons. The van der Waals surface area contributed by atoms with Crippen molar-refractivity contribution in [1.82, 2.24) is 0 Å². The Morgan fingerprint density at radius 2 is 0.948 bits per heavy atom. The van der Waals surface area contributed by atoms with Crippen molar-refractivity contribution in [2.45, 2.75) is 204 Å². The minimum atomic E-state index is -5.12. The van der Waals surface area contributed by atoms with Crippen LogP contribution in [0.4, 0.5) is 0 Å². The van der Waals surface area contributed by atoms with Crippen LogP contribution >= 0.6 is 7.82 Å². The fourth-order valence-corrected chi connectivity index (χ4v) is 7.25. The molecule has 1 rings (SSSR count). The second-order valence-corrected chi connectivity index (χ2v) is 16.6. The molecule has 1 aliphatic carbocycles. The van der Waals surface area contributed by atoms with Gasteiger partial charge in [0.25, 0.3) is 0 Å². The van der Waals surface area contributed by atoms with Crippen LogP contribution < -0.4 is 0 Å². The lowest BCUT2D eigenvalue weighted by atomic mass is 9.85. The fourth-order valence-electron chi connectivity index (χ4n) is 6.27. The van der Waals surface area contributed by atoms with Gasteiger partial charge < -0.3 is 39.9 Å². The van der Waals surface area contributed by atoms with E-state index in [-0.39, 0.29) is 12.8 Å². The van der Waals surface area contributed by atoms with Crippen LogP contribution in [0.3, 0.4) is 0 Å². The molecule has 0 aliphatic heterocycles. The molecule has 0 amide bonds. The van der Waals surface area contributed by atoms with E-state index in [1.54, 1.807) is 0 Å². The Morgan fingerprint density at radius 3 is 1.45 bits per heavy atom. The number of phosphoric ester groups is 1. The lowest BCUT2D eigenvalue weighted by Gasteiger charge is -2.41. The first-order valence-electron chi connectivity index (χ1n) is 21.9. The van der Waals surface area contributed by atoms with E-state index < -0.39 is 75.7 Å². The van der Waals surface area contributed by atoms with E-state index in [1.165, 1.54) is 32.1 Å². The molecule has 0 aromatic rings. The van der Waals surface area contributed by atoms with Gasteiger partial charge >= 0.3 is 19.8 Å². The molecule has 6 unspecified atom stereocenters. The highest BCUT2D eigenvalue weighted by Gasteiger charge is 2.51. The molecule has 0 heterocycles. The van der Waals surface area contributed by atoms with Crippen molar-refractivity contribution >= 4 is 19.8 Å². The van der Waals surface area contributed by atoms with Crippen LogP contribution in [0.15, 0.2) is 48.6 Å². The first-order chi connectivity index (χ1) is 27.9. The maximum absolute atomic E-state index is 12.8. The lowest BCUT2D eigenvalue weighted by Crippen LogP contribution is -2.64. The molecule has 13 nitrogen and oxygen atoms in total. The van der Waals surface area contributed by atoms with Crippen molar-refractivity contribution in [2.24, 2.45) is 0 Å². The van der Waals surface area contributed by atoms with Crippen LogP contribution in [-0.4, -0.2) is 98.3 Å². The first-order valence-corrected chi connectivity index (χ1v) is 23.4. The standard InChI is InChI=1S/C44H77O13P/c1-3-5-7-9-11-13-15-17-19-21-22-24-26-28-30-32-37(45)54-34-36(35-55-58(52,53)57-44-42(50)40(48)39(47)41(49)43(44)51)56-38(46)33-31-29-27-25-23-20-18-16-14-12-10-8-6-4-2/h10-13,16-19,36,39-44,47-51H,3-9,14-15,20-35H2,1-2H3,(H,52,53)/b12-10-,13-11-,18-16-,19-17-/t36-,39?,40-,41?,42?,43?,44?/m1/s1. The van der Waals surface area contributed by atoms with Crippen molar-refractivity contribution in [2.75, 3.05) is 13.2 Å². The Hall–Kier alpha value is -2.19. The number of allylic oxidation sites excluding steroid dienone is 8. The van der Waals surface area contributed by atoms with Gasteiger partial charge in [-0.1, -0.05) is 127 Å². The molecule has 0 aromatic heterocycles. The number of phosphoric acid groups is 1. The average molecular weight is 845 g/mol.